The smallest absolute Gasteiger partial charge is 0.317 e. The molecule has 1 fully saturated rings. The maximum atomic E-state index is 12.2. The molecule has 1 aliphatic rings. The molecule has 1 saturated heterocycles. The number of amides is 2. The normalized spacial score (nSPS) is 15.5. The van der Waals surface area contributed by atoms with Gasteiger partial charge in [-0.2, -0.15) is 0 Å². The lowest BCUT2D eigenvalue weighted by Gasteiger charge is -2.30. The number of nitrogens with zero attached hydrogens (tertiary/aromatic N) is 3. The molecule has 6 nitrogen and oxygen atoms in total. The molecule has 0 saturated carbocycles. The van der Waals surface area contributed by atoms with Gasteiger partial charge in [-0.25, -0.2) is 4.79 Å². The van der Waals surface area contributed by atoms with Gasteiger partial charge in [0.1, 0.15) is 0 Å². The van der Waals surface area contributed by atoms with Gasteiger partial charge < -0.3 is 20.2 Å². The summed E-state index contributed by atoms with van der Waals surface area (Å²) in [6.45, 7) is 4.61. The zero-order valence-electron chi connectivity index (χ0n) is 13.1. The number of aliphatic hydroxyl groups excluding tert-OH is 1. The Labute approximate surface area is 132 Å². The Morgan fingerprint density at radius 3 is 2.64 bits per heavy atom. The summed E-state index contributed by atoms with van der Waals surface area (Å²) in [6, 6.07) is 3.64. The zero-order valence-corrected chi connectivity index (χ0v) is 13.1. The molecule has 2 rings (SSSR count). The lowest BCUT2D eigenvalue weighted by atomic mass is 10.1. The average Bonchev–Trinajstić information content (AvgIpc) is 2.58. The minimum atomic E-state index is -0.122. The van der Waals surface area contributed by atoms with E-state index in [1.807, 2.05) is 12.1 Å². The van der Waals surface area contributed by atoms with Crippen molar-refractivity contribution in [2.24, 2.45) is 0 Å². The number of hydrogen-bond acceptors (Lipinski definition) is 4. The fraction of sp³-hybridized carbons (Fsp3) is 0.625. The Balaban J connectivity index is 1.77. The van der Waals surface area contributed by atoms with Gasteiger partial charge in [0.05, 0.1) is 6.61 Å². The van der Waals surface area contributed by atoms with Gasteiger partial charge in [0, 0.05) is 38.6 Å². The van der Waals surface area contributed by atoms with Crippen molar-refractivity contribution in [1.82, 2.24) is 20.1 Å². The highest BCUT2D eigenvalue weighted by molar-refractivity contribution is 5.74. The molecule has 1 aromatic rings. The molecule has 0 bridgehead atoms. The fourth-order valence-electron chi connectivity index (χ4n) is 2.67. The molecule has 0 spiro atoms. The molecule has 0 aliphatic carbocycles. The van der Waals surface area contributed by atoms with Crippen molar-refractivity contribution >= 4 is 6.03 Å². The molecular formula is C16H26N4O2. The molecule has 0 unspecified atom stereocenters. The van der Waals surface area contributed by atoms with Crippen LogP contribution in [0.4, 0.5) is 4.79 Å². The first-order valence-electron chi connectivity index (χ1n) is 8.04. The highest BCUT2D eigenvalue weighted by atomic mass is 16.3. The van der Waals surface area contributed by atoms with Gasteiger partial charge in [0.15, 0.2) is 0 Å². The van der Waals surface area contributed by atoms with Crippen LogP contribution in [-0.4, -0.2) is 65.3 Å². The third kappa shape index (κ3) is 5.61. The Kier molecular flexibility index (Phi) is 7.12. The van der Waals surface area contributed by atoms with Gasteiger partial charge in [-0.15, -0.1) is 0 Å². The Morgan fingerprint density at radius 1 is 1.23 bits per heavy atom. The fourth-order valence-corrected chi connectivity index (χ4v) is 2.67. The minimum Gasteiger partial charge on any atom is -0.395 e. The second-order valence-corrected chi connectivity index (χ2v) is 5.63. The summed E-state index contributed by atoms with van der Waals surface area (Å²) in [5, 5.41) is 12.1. The number of nitrogens with one attached hydrogen (secondary N) is 1. The number of rotatable bonds is 7. The highest BCUT2D eigenvalue weighted by Crippen LogP contribution is 2.08. The van der Waals surface area contributed by atoms with Crippen LogP contribution in [0.5, 0.6) is 0 Å². The number of aliphatic hydroxyl groups is 1. The van der Waals surface area contributed by atoms with Crippen LogP contribution in [0, 0.1) is 0 Å². The second-order valence-electron chi connectivity index (χ2n) is 5.63. The van der Waals surface area contributed by atoms with Gasteiger partial charge in [-0.1, -0.05) is 6.42 Å². The minimum absolute atomic E-state index is 0.0112. The highest BCUT2D eigenvalue weighted by Gasteiger charge is 2.15. The van der Waals surface area contributed by atoms with E-state index in [0.717, 1.165) is 25.2 Å². The molecule has 0 radical (unpaired) electrons. The van der Waals surface area contributed by atoms with E-state index >= 15 is 0 Å². The van der Waals surface area contributed by atoms with Crippen LogP contribution >= 0.6 is 0 Å². The maximum Gasteiger partial charge on any atom is 0.317 e. The van der Waals surface area contributed by atoms with Crippen LogP contribution in [0.1, 0.15) is 24.8 Å². The van der Waals surface area contributed by atoms with E-state index in [9.17, 15) is 4.79 Å². The van der Waals surface area contributed by atoms with Crippen LogP contribution in [-0.2, 0) is 6.54 Å². The zero-order chi connectivity index (χ0) is 15.6. The third-order valence-corrected chi connectivity index (χ3v) is 3.99. The van der Waals surface area contributed by atoms with E-state index in [4.69, 9.17) is 5.11 Å². The van der Waals surface area contributed by atoms with Crippen molar-refractivity contribution in [1.29, 1.82) is 0 Å². The van der Waals surface area contributed by atoms with Gasteiger partial charge in [0.2, 0.25) is 0 Å². The number of hydrogen-bond donors (Lipinski definition) is 2. The summed E-state index contributed by atoms with van der Waals surface area (Å²) in [6.07, 6.45) is 7.22. The third-order valence-electron chi connectivity index (χ3n) is 3.99. The number of piperidine rings is 1. The molecule has 122 valence electrons. The predicted octanol–water partition coefficient (Wildman–Crippen LogP) is 1.07. The summed E-state index contributed by atoms with van der Waals surface area (Å²) in [7, 11) is 0. The average molecular weight is 306 g/mol. The standard InChI is InChI=1S/C16H26N4O2/c21-13-12-20(11-10-19-8-2-1-3-9-19)16(22)18-14-15-4-6-17-7-5-15/h4-7,21H,1-3,8-14H2,(H,18,22). The lowest BCUT2D eigenvalue weighted by Crippen LogP contribution is -2.45. The van der Waals surface area contributed by atoms with Gasteiger partial charge in [-0.05, 0) is 43.6 Å². The summed E-state index contributed by atoms with van der Waals surface area (Å²) in [5.41, 5.74) is 1.02. The molecule has 2 N–H and O–H groups in total. The number of urea groups is 1. The Bertz CT molecular complexity index is 435. The summed E-state index contributed by atoms with van der Waals surface area (Å²) >= 11 is 0. The Hall–Kier alpha value is -1.66. The van der Waals surface area contributed by atoms with Crippen LogP contribution in [0.2, 0.25) is 0 Å². The van der Waals surface area contributed by atoms with Crippen LogP contribution < -0.4 is 5.32 Å². The van der Waals surface area contributed by atoms with Crippen molar-refractivity contribution in [3.05, 3.63) is 30.1 Å². The summed E-state index contributed by atoms with van der Waals surface area (Å²) in [4.78, 5) is 20.3. The van der Waals surface area contributed by atoms with Crippen LogP contribution in [0.15, 0.2) is 24.5 Å². The van der Waals surface area contributed by atoms with E-state index in [1.54, 1.807) is 17.3 Å². The second kappa shape index (κ2) is 9.38. The van der Waals surface area contributed by atoms with Crippen molar-refractivity contribution in [2.75, 3.05) is 39.3 Å². The lowest BCUT2D eigenvalue weighted by molar-refractivity contribution is 0.156. The van der Waals surface area contributed by atoms with Crippen molar-refractivity contribution in [2.45, 2.75) is 25.8 Å². The number of pyridine rings is 1. The summed E-state index contributed by atoms with van der Waals surface area (Å²) in [5.74, 6) is 0. The Morgan fingerprint density at radius 2 is 1.95 bits per heavy atom. The number of carbonyl (C=O) groups is 1. The van der Waals surface area contributed by atoms with Crippen molar-refractivity contribution in [3.63, 3.8) is 0 Å². The van der Waals surface area contributed by atoms with E-state index in [2.05, 4.69) is 15.2 Å². The maximum absolute atomic E-state index is 12.2. The van der Waals surface area contributed by atoms with Crippen molar-refractivity contribution < 1.29 is 9.90 Å². The van der Waals surface area contributed by atoms with Gasteiger partial charge in [-0.3, -0.25) is 4.98 Å². The van der Waals surface area contributed by atoms with Crippen LogP contribution in [0.3, 0.4) is 0 Å². The first kappa shape index (κ1) is 16.7. The number of aromatic nitrogens is 1. The van der Waals surface area contributed by atoms with Crippen LogP contribution in [0.25, 0.3) is 0 Å². The molecular weight excluding hydrogens is 280 g/mol. The van der Waals surface area contributed by atoms with E-state index in [1.165, 1.54) is 19.3 Å². The summed E-state index contributed by atoms with van der Waals surface area (Å²) < 4.78 is 0. The molecule has 1 aliphatic heterocycles. The van der Waals surface area contributed by atoms with E-state index < -0.39 is 0 Å². The molecule has 6 heteroatoms. The first-order chi connectivity index (χ1) is 10.8. The van der Waals surface area contributed by atoms with Gasteiger partial charge in [0.25, 0.3) is 0 Å². The molecule has 2 heterocycles. The number of likely N-dealkylation sites (tertiary alicyclic amines) is 1. The molecule has 0 aromatic carbocycles. The molecule has 2 amide bonds. The molecule has 1 aromatic heterocycles. The molecule has 0 atom stereocenters. The van der Waals surface area contributed by atoms with E-state index in [0.29, 0.717) is 19.6 Å². The quantitative estimate of drug-likeness (QED) is 0.791. The number of carbonyl (C=O) groups excluding carboxylic acids is 1. The first-order valence-corrected chi connectivity index (χ1v) is 8.04. The van der Waals surface area contributed by atoms with Crippen molar-refractivity contribution in [3.8, 4) is 0 Å². The predicted molar refractivity (Wildman–Crippen MR) is 85.4 cm³/mol. The SMILES string of the molecule is O=C(NCc1ccncc1)N(CCO)CCN1CCCCC1. The monoisotopic (exact) mass is 306 g/mol. The molecule has 22 heavy (non-hydrogen) atoms. The van der Waals surface area contributed by atoms with Gasteiger partial charge >= 0.3 is 6.03 Å². The topological polar surface area (TPSA) is 68.7 Å². The largest absolute Gasteiger partial charge is 0.395 e. The van der Waals surface area contributed by atoms with E-state index in [-0.39, 0.29) is 12.6 Å².